The number of rotatable bonds is 5. The lowest BCUT2D eigenvalue weighted by molar-refractivity contribution is -0.118. The molecule has 6 rings (SSSR count). The topological polar surface area (TPSA) is 152 Å². The van der Waals surface area contributed by atoms with Crippen molar-refractivity contribution in [3.8, 4) is 16.8 Å². The number of tetrazole rings is 1. The summed E-state index contributed by atoms with van der Waals surface area (Å²) in [6, 6.07) is 13.4. The minimum Gasteiger partial charge on any atom is -0.478 e. The lowest BCUT2D eigenvalue weighted by Gasteiger charge is -2.21. The van der Waals surface area contributed by atoms with Gasteiger partial charge in [0, 0.05) is 40.5 Å². The van der Waals surface area contributed by atoms with E-state index in [0.29, 0.717) is 58.0 Å². The molecule has 0 radical (unpaired) electrons. The number of hydrogen-bond donors (Lipinski definition) is 3. The molecule has 2 aliphatic rings. The van der Waals surface area contributed by atoms with Gasteiger partial charge in [0.05, 0.1) is 22.5 Å². The van der Waals surface area contributed by atoms with Gasteiger partial charge in [-0.2, -0.15) is 4.68 Å². The number of hydrogen-bond acceptors (Lipinski definition) is 7. The fourth-order valence-electron chi connectivity index (χ4n) is 5.36. The Morgan fingerprint density at radius 3 is 2.85 bits per heavy atom. The highest BCUT2D eigenvalue weighted by atomic mass is 35.5. The summed E-state index contributed by atoms with van der Waals surface area (Å²) in [6.45, 7) is 0. The van der Waals surface area contributed by atoms with Crippen molar-refractivity contribution in [3.63, 3.8) is 0 Å². The van der Waals surface area contributed by atoms with Crippen LogP contribution in [0, 0.1) is 5.92 Å². The molecule has 1 aliphatic carbocycles. The predicted octanol–water partition coefficient (Wildman–Crippen LogP) is 4.24. The third-order valence-corrected chi connectivity index (χ3v) is 7.71. The normalized spacial score (nSPS) is 19.7. The molecule has 206 valence electrons. The first-order chi connectivity index (χ1) is 19.8. The molecule has 41 heavy (non-hydrogen) atoms. The molecule has 3 N–H and O–H groups in total. The minimum atomic E-state index is -1.07. The fraction of sp³-hybridized carbons (Fsp3) is 0.207. The summed E-state index contributed by atoms with van der Waals surface area (Å²) in [5.74, 6) is -1.45. The number of benzene rings is 2. The molecule has 2 amide bonds. The van der Waals surface area contributed by atoms with Crippen LogP contribution < -0.4 is 10.6 Å². The Kier molecular flexibility index (Phi) is 6.80. The van der Waals surface area contributed by atoms with Crippen molar-refractivity contribution < 1.29 is 19.5 Å². The van der Waals surface area contributed by atoms with E-state index in [-0.39, 0.29) is 23.3 Å². The number of anilines is 1. The number of carboxylic acid groups (broad SMARTS) is 1. The van der Waals surface area contributed by atoms with Gasteiger partial charge in [0.1, 0.15) is 6.33 Å². The van der Waals surface area contributed by atoms with E-state index in [1.807, 2.05) is 6.07 Å². The van der Waals surface area contributed by atoms with Crippen LogP contribution in [0.15, 0.2) is 67.1 Å². The molecule has 2 aromatic heterocycles. The van der Waals surface area contributed by atoms with Gasteiger partial charge in [-0.25, -0.2) is 4.79 Å². The van der Waals surface area contributed by atoms with Gasteiger partial charge in [0.15, 0.2) is 0 Å². The molecule has 2 aromatic carbocycles. The number of aromatic carboxylic acids is 1. The number of nitrogens with zero attached hydrogens (tertiary/aromatic N) is 5. The molecular formula is C29H24ClN7O4. The minimum absolute atomic E-state index is 0.0857. The molecule has 2 atom stereocenters. The van der Waals surface area contributed by atoms with Crippen LogP contribution in [0.25, 0.3) is 22.9 Å². The molecule has 11 nitrogen and oxygen atoms in total. The third-order valence-electron chi connectivity index (χ3n) is 7.48. The molecule has 2 bridgehead atoms. The number of fused-ring (bicyclic) bond motifs is 6. The Morgan fingerprint density at radius 2 is 2.05 bits per heavy atom. The second-order valence-electron chi connectivity index (χ2n) is 10.1. The molecule has 0 spiro atoms. The number of aromatic nitrogens is 5. The average molecular weight is 570 g/mol. The Hall–Kier alpha value is -4.90. The summed E-state index contributed by atoms with van der Waals surface area (Å²) in [7, 11) is 0. The molecule has 0 saturated heterocycles. The second-order valence-corrected chi connectivity index (χ2v) is 10.5. The van der Waals surface area contributed by atoms with Gasteiger partial charge >= 0.3 is 5.97 Å². The zero-order valence-corrected chi connectivity index (χ0v) is 22.4. The van der Waals surface area contributed by atoms with Gasteiger partial charge < -0.3 is 15.7 Å². The van der Waals surface area contributed by atoms with Crippen molar-refractivity contribution in [2.45, 2.75) is 31.2 Å². The lowest BCUT2D eigenvalue weighted by Crippen LogP contribution is -2.36. The standard InChI is InChI=1S/C29H24ClN7O4/c30-21-6-8-24(37-16-32-35-36-37)18(12-21)5-9-27(39)34-29-15-20(29)2-1-3-26(38)33-23-7-4-19(28(40)41)13-22(23)17-10-11-31-25(29)14-17/h4-14,16,20H,1-3,15H2,(H,33,38)(H,34,39)(H,40,41)/b9-5+/t20-,29?/m1/s1. The summed E-state index contributed by atoms with van der Waals surface area (Å²) in [5.41, 5.74) is 3.15. The van der Waals surface area contributed by atoms with Gasteiger partial charge in [-0.05, 0) is 95.8 Å². The molecule has 3 heterocycles. The van der Waals surface area contributed by atoms with Crippen molar-refractivity contribution in [3.05, 3.63) is 89.0 Å². The van der Waals surface area contributed by atoms with E-state index in [1.165, 1.54) is 29.2 Å². The van der Waals surface area contributed by atoms with Gasteiger partial charge in [0.25, 0.3) is 0 Å². The number of carboxylic acids is 1. The summed E-state index contributed by atoms with van der Waals surface area (Å²) < 4.78 is 1.48. The van der Waals surface area contributed by atoms with Crippen LogP contribution >= 0.6 is 11.6 Å². The van der Waals surface area contributed by atoms with E-state index in [4.69, 9.17) is 11.6 Å². The van der Waals surface area contributed by atoms with Crippen LogP contribution in [-0.4, -0.2) is 48.1 Å². The highest BCUT2D eigenvalue weighted by Crippen LogP contribution is 2.54. The highest BCUT2D eigenvalue weighted by Gasteiger charge is 2.56. The second kappa shape index (κ2) is 10.6. The van der Waals surface area contributed by atoms with Crippen LogP contribution in [0.4, 0.5) is 5.69 Å². The molecule has 1 aliphatic heterocycles. The maximum Gasteiger partial charge on any atom is 0.335 e. The SMILES string of the molecule is O=C(/C=C/c1cc(Cl)ccc1-n1cnnn1)NC12C[C@H]1CCCC(=O)Nc1ccc(C(=O)O)cc1-c1ccnc2c1. The van der Waals surface area contributed by atoms with Crippen molar-refractivity contribution in [1.29, 1.82) is 0 Å². The van der Waals surface area contributed by atoms with Crippen LogP contribution in [0.5, 0.6) is 0 Å². The Morgan fingerprint density at radius 1 is 1.17 bits per heavy atom. The van der Waals surface area contributed by atoms with Crippen LogP contribution in [0.3, 0.4) is 0 Å². The van der Waals surface area contributed by atoms with Gasteiger partial charge in [-0.3, -0.25) is 14.6 Å². The summed E-state index contributed by atoms with van der Waals surface area (Å²) in [5, 5.41) is 27.4. The van der Waals surface area contributed by atoms with E-state index in [9.17, 15) is 19.5 Å². The monoisotopic (exact) mass is 569 g/mol. The maximum absolute atomic E-state index is 13.3. The van der Waals surface area contributed by atoms with E-state index >= 15 is 0 Å². The van der Waals surface area contributed by atoms with E-state index in [2.05, 4.69) is 31.1 Å². The average Bonchev–Trinajstić information content (AvgIpc) is 3.36. The molecular weight excluding hydrogens is 546 g/mol. The predicted molar refractivity (Wildman–Crippen MR) is 150 cm³/mol. The number of nitrogens with one attached hydrogen (secondary N) is 2. The lowest BCUT2D eigenvalue weighted by atomic mass is 9.97. The van der Waals surface area contributed by atoms with Crippen molar-refractivity contribution in [2.24, 2.45) is 5.92 Å². The zero-order chi connectivity index (χ0) is 28.6. The smallest absolute Gasteiger partial charge is 0.335 e. The number of carbonyl (C=O) groups is 3. The Labute approximate surface area is 239 Å². The third kappa shape index (κ3) is 5.31. The number of carbonyl (C=O) groups excluding carboxylic acids is 2. The molecule has 1 saturated carbocycles. The number of amides is 2. The molecule has 4 aromatic rings. The molecule has 12 heteroatoms. The van der Waals surface area contributed by atoms with Crippen molar-refractivity contribution in [2.75, 3.05) is 5.32 Å². The van der Waals surface area contributed by atoms with Crippen LogP contribution in [0.1, 0.15) is 47.3 Å². The van der Waals surface area contributed by atoms with Gasteiger partial charge in [-0.1, -0.05) is 11.6 Å². The largest absolute Gasteiger partial charge is 0.478 e. The number of pyridine rings is 1. The summed E-state index contributed by atoms with van der Waals surface area (Å²) in [4.78, 5) is 42.3. The Balaban J connectivity index is 1.33. The molecule has 1 unspecified atom stereocenters. The van der Waals surface area contributed by atoms with Crippen molar-refractivity contribution in [1.82, 2.24) is 30.5 Å². The maximum atomic E-state index is 13.3. The van der Waals surface area contributed by atoms with Crippen LogP contribution in [-0.2, 0) is 15.1 Å². The van der Waals surface area contributed by atoms with Gasteiger partial charge in [0.2, 0.25) is 11.8 Å². The first-order valence-electron chi connectivity index (χ1n) is 13.0. The first kappa shape index (κ1) is 26.3. The van der Waals surface area contributed by atoms with E-state index in [1.54, 1.807) is 42.6 Å². The van der Waals surface area contributed by atoms with Crippen molar-refractivity contribution >= 4 is 41.1 Å². The number of halogens is 1. The zero-order valence-electron chi connectivity index (χ0n) is 21.6. The van der Waals surface area contributed by atoms with E-state index in [0.717, 1.165) is 6.42 Å². The first-order valence-corrected chi connectivity index (χ1v) is 13.4. The Bertz CT molecular complexity index is 1710. The molecule has 1 fully saturated rings. The quantitative estimate of drug-likeness (QED) is 0.302. The fourth-order valence-corrected chi connectivity index (χ4v) is 5.54. The summed E-state index contributed by atoms with van der Waals surface area (Å²) >= 11 is 6.21. The van der Waals surface area contributed by atoms with E-state index < -0.39 is 11.5 Å². The summed E-state index contributed by atoms with van der Waals surface area (Å²) in [6.07, 6.45) is 8.51. The van der Waals surface area contributed by atoms with Gasteiger partial charge in [-0.15, -0.1) is 5.10 Å². The van der Waals surface area contributed by atoms with Crippen LogP contribution in [0.2, 0.25) is 5.02 Å². The highest BCUT2D eigenvalue weighted by molar-refractivity contribution is 6.30.